The summed E-state index contributed by atoms with van der Waals surface area (Å²) in [5, 5.41) is 8.34. The number of aromatic nitrogens is 3. The van der Waals surface area contributed by atoms with Crippen LogP contribution < -0.4 is 9.64 Å². The van der Waals surface area contributed by atoms with E-state index in [1.165, 1.54) is 12.0 Å². The Morgan fingerprint density at radius 3 is 2.57 bits per heavy atom. The molecule has 0 saturated carbocycles. The molecule has 1 aromatic heterocycles. The minimum atomic E-state index is -0.371. The molecule has 116 valence electrons. The highest BCUT2D eigenvalue weighted by Crippen LogP contribution is 2.29. The second-order valence-corrected chi connectivity index (χ2v) is 5.21. The molecule has 0 spiro atoms. The molecule has 0 N–H and O–H groups in total. The van der Waals surface area contributed by atoms with E-state index in [0.29, 0.717) is 27.5 Å². The summed E-state index contributed by atoms with van der Waals surface area (Å²) in [4.78, 5) is 18.2. The molecule has 0 aliphatic heterocycles. The molecule has 0 aliphatic rings. The lowest BCUT2D eigenvalue weighted by Gasteiger charge is -2.17. The van der Waals surface area contributed by atoms with E-state index < -0.39 is 0 Å². The summed E-state index contributed by atoms with van der Waals surface area (Å²) < 4.78 is 5.10. The maximum absolute atomic E-state index is 12.5. The maximum Gasteiger partial charge on any atom is 0.297 e. The van der Waals surface area contributed by atoms with Crippen molar-refractivity contribution in [2.45, 2.75) is 0 Å². The molecule has 0 bridgehead atoms. The van der Waals surface area contributed by atoms with Crippen molar-refractivity contribution in [2.75, 3.05) is 19.1 Å². The van der Waals surface area contributed by atoms with Crippen molar-refractivity contribution in [3.63, 3.8) is 0 Å². The van der Waals surface area contributed by atoms with Gasteiger partial charge < -0.3 is 9.64 Å². The second kappa shape index (κ2) is 6.18. The summed E-state index contributed by atoms with van der Waals surface area (Å²) in [6.45, 7) is 0. The molecule has 0 radical (unpaired) electrons. The van der Waals surface area contributed by atoms with Crippen LogP contribution in [0.4, 0.5) is 5.69 Å². The summed E-state index contributed by atoms with van der Waals surface area (Å²) in [6, 6.07) is 12.3. The summed E-state index contributed by atoms with van der Waals surface area (Å²) >= 11 is 6.10. The molecule has 1 heterocycles. The summed E-state index contributed by atoms with van der Waals surface area (Å²) in [7, 11) is 3.16. The average Bonchev–Trinajstić information content (AvgIpc) is 2.60. The first-order chi connectivity index (χ1) is 11.1. The largest absolute Gasteiger partial charge is 0.495 e. The molecule has 3 aromatic rings. The van der Waals surface area contributed by atoms with Crippen LogP contribution in [-0.4, -0.2) is 35.2 Å². The third kappa shape index (κ3) is 2.93. The van der Waals surface area contributed by atoms with Crippen molar-refractivity contribution in [1.29, 1.82) is 0 Å². The van der Waals surface area contributed by atoms with E-state index in [1.807, 2.05) is 12.1 Å². The topological polar surface area (TPSA) is 68.2 Å². The molecule has 0 atom stereocenters. The summed E-state index contributed by atoms with van der Waals surface area (Å²) in [6.07, 6.45) is 0. The highest BCUT2D eigenvalue weighted by atomic mass is 35.5. The number of anilines is 1. The number of fused-ring (bicyclic) bond motifs is 1. The Bertz CT molecular complexity index is 885. The number of rotatable bonds is 3. The van der Waals surface area contributed by atoms with Gasteiger partial charge in [0.25, 0.3) is 5.91 Å². The number of carbonyl (C=O) groups excluding carboxylic acids is 1. The van der Waals surface area contributed by atoms with Gasteiger partial charge in [-0.15, -0.1) is 10.2 Å². The van der Waals surface area contributed by atoms with Crippen molar-refractivity contribution in [3.05, 3.63) is 53.3 Å². The zero-order valence-electron chi connectivity index (χ0n) is 12.5. The van der Waals surface area contributed by atoms with Crippen LogP contribution in [0.25, 0.3) is 11.0 Å². The Hall–Kier alpha value is -2.73. The summed E-state index contributed by atoms with van der Waals surface area (Å²) in [5.74, 6) is 0.197. The van der Waals surface area contributed by atoms with Crippen molar-refractivity contribution < 1.29 is 9.53 Å². The van der Waals surface area contributed by atoms with Crippen molar-refractivity contribution in [3.8, 4) is 5.75 Å². The van der Waals surface area contributed by atoms with Crippen LogP contribution in [0.1, 0.15) is 10.6 Å². The van der Waals surface area contributed by atoms with E-state index in [0.717, 1.165) is 0 Å². The number of amides is 1. The standard InChI is InChI=1S/C16H13ClN4O2/c1-21(10-7-8-14(23-2)11(17)9-10)16(22)15-18-12-5-3-4-6-13(12)19-20-15/h3-9H,1-2H3. The monoisotopic (exact) mass is 328 g/mol. The Morgan fingerprint density at radius 1 is 1.13 bits per heavy atom. The Balaban J connectivity index is 1.92. The smallest absolute Gasteiger partial charge is 0.297 e. The first kappa shape index (κ1) is 15.2. The van der Waals surface area contributed by atoms with Gasteiger partial charge in [0.1, 0.15) is 11.3 Å². The van der Waals surface area contributed by atoms with Crippen LogP contribution in [0, 0.1) is 0 Å². The minimum Gasteiger partial charge on any atom is -0.495 e. The van der Waals surface area contributed by atoms with Crippen molar-refractivity contribution >= 4 is 34.2 Å². The van der Waals surface area contributed by atoms with Gasteiger partial charge in [0.15, 0.2) is 0 Å². The van der Waals surface area contributed by atoms with E-state index in [1.54, 1.807) is 37.4 Å². The van der Waals surface area contributed by atoms with E-state index in [9.17, 15) is 4.79 Å². The van der Waals surface area contributed by atoms with Gasteiger partial charge in [-0.25, -0.2) is 4.98 Å². The normalized spacial score (nSPS) is 10.6. The Kier molecular flexibility index (Phi) is 4.08. The van der Waals surface area contributed by atoms with Crippen LogP contribution in [0.5, 0.6) is 5.75 Å². The average molecular weight is 329 g/mol. The Labute approximate surface area is 137 Å². The fourth-order valence-electron chi connectivity index (χ4n) is 2.10. The van der Waals surface area contributed by atoms with Gasteiger partial charge in [-0.2, -0.15) is 0 Å². The van der Waals surface area contributed by atoms with Crippen LogP contribution in [-0.2, 0) is 0 Å². The molecule has 7 heteroatoms. The zero-order valence-corrected chi connectivity index (χ0v) is 13.3. The van der Waals surface area contributed by atoms with Crippen molar-refractivity contribution in [2.24, 2.45) is 0 Å². The number of methoxy groups -OCH3 is 1. The van der Waals surface area contributed by atoms with Gasteiger partial charge in [-0.3, -0.25) is 4.79 Å². The van der Waals surface area contributed by atoms with Crippen molar-refractivity contribution in [1.82, 2.24) is 15.2 Å². The second-order valence-electron chi connectivity index (χ2n) is 4.81. The molecule has 2 aromatic carbocycles. The van der Waals surface area contributed by atoms with Gasteiger partial charge in [0.05, 0.1) is 17.6 Å². The molecule has 0 unspecified atom stereocenters. The third-order valence-corrected chi connectivity index (χ3v) is 3.67. The third-order valence-electron chi connectivity index (χ3n) is 3.38. The SMILES string of the molecule is COc1ccc(N(C)C(=O)c2nnc3ccccc3n2)cc1Cl. The maximum atomic E-state index is 12.5. The molecule has 0 saturated heterocycles. The van der Waals surface area contributed by atoms with E-state index in [2.05, 4.69) is 15.2 Å². The van der Waals surface area contributed by atoms with E-state index >= 15 is 0 Å². The van der Waals surface area contributed by atoms with Gasteiger partial charge in [-0.05, 0) is 30.3 Å². The lowest BCUT2D eigenvalue weighted by molar-refractivity contribution is 0.0982. The van der Waals surface area contributed by atoms with Gasteiger partial charge in [0, 0.05) is 12.7 Å². The lowest BCUT2D eigenvalue weighted by Crippen LogP contribution is -2.28. The molecule has 0 fully saturated rings. The first-order valence-electron chi connectivity index (χ1n) is 6.81. The van der Waals surface area contributed by atoms with Crippen LogP contribution >= 0.6 is 11.6 Å². The van der Waals surface area contributed by atoms with E-state index in [4.69, 9.17) is 16.3 Å². The first-order valence-corrected chi connectivity index (χ1v) is 7.19. The quantitative estimate of drug-likeness (QED) is 0.739. The fraction of sp³-hybridized carbons (Fsp3) is 0.125. The predicted octanol–water partition coefficient (Wildman–Crippen LogP) is 2.96. The van der Waals surface area contributed by atoms with Gasteiger partial charge >= 0.3 is 0 Å². The molecule has 3 rings (SSSR count). The zero-order chi connectivity index (χ0) is 16.4. The number of para-hydroxylation sites is 1. The summed E-state index contributed by atoms with van der Waals surface area (Å²) in [5.41, 5.74) is 1.86. The predicted molar refractivity (Wildman–Crippen MR) is 88.1 cm³/mol. The van der Waals surface area contributed by atoms with Gasteiger partial charge in [0.2, 0.25) is 5.82 Å². The molecular weight excluding hydrogens is 316 g/mol. The number of benzene rings is 2. The molecule has 1 amide bonds. The van der Waals surface area contributed by atoms with Crippen LogP contribution in [0.15, 0.2) is 42.5 Å². The van der Waals surface area contributed by atoms with Crippen LogP contribution in [0.2, 0.25) is 5.02 Å². The van der Waals surface area contributed by atoms with E-state index in [-0.39, 0.29) is 11.7 Å². The van der Waals surface area contributed by atoms with Gasteiger partial charge in [-0.1, -0.05) is 23.7 Å². The number of halogens is 1. The lowest BCUT2D eigenvalue weighted by atomic mass is 10.2. The number of hydrogen-bond donors (Lipinski definition) is 0. The van der Waals surface area contributed by atoms with Crippen LogP contribution in [0.3, 0.4) is 0 Å². The molecular formula is C16H13ClN4O2. The molecule has 0 aliphatic carbocycles. The highest BCUT2D eigenvalue weighted by molar-refractivity contribution is 6.32. The number of hydrogen-bond acceptors (Lipinski definition) is 5. The minimum absolute atomic E-state index is 0.0261. The number of nitrogens with zero attached hydrogens (tertiary/aromatic N) is 4. The molecule has 23 heavy (non-hydrogen) atoms. The highest BCUT2D eigenvalue weighted by Gasteiger charge is 2.18. The number of ether oxygens (including phenoxy) is 1. The molecule has 6 nitrogen and oxygen atoms in total. The number of carbonyl (C=O) groups is 1. The Morgan fingerprint density at radius 2 is 1.87 bits per heavy atom. The fourth-order valence-corrected chi connectivity index (χ4v) is 2.35.